The number of hydrogen-bond donors (Lipinski definition) is 1. The van der Waals surface area contributed by atoms with E-state index in [4.69, 9.17) is 17.3 Å². The molecule has 0 atom stereocenters. The number of hydrogen-bond acceptors (Lipinski definition) is 2. The Balaban J connectivity index is 2.65. The van der Waals surface area contributed by atoms with E-state index in [0.29, 0.717) is 6.54 Å². The van der Waals surface area contributed by atoms with E-state index in [1.807, 2.05) is 11.4 Å². The summed E-state index contributed by atoms with van der Waals surface area (Å²) in [6, 6.07) is 1.91. The van der Waals surface area contributed by atoms with Crippen LogP contribution in [0.15, 0.2) is 11.4 Å². The van der Waals surface area contributed by atoms with E-state index >= 15 is 0 Å². The van der Waals surface area contributed by atoms with Crippen LogP contribution in [-0.2, 0) is 0 Å². The highest BCUT2D eigenvalue weighted by Crippen LogP contribution is 2.21. The molecule has 0 amide bonds. The van der Waals surface area contributed by atoms with Crippen LogP contribution in [0.5, 0.6) is 0 Å². The van der Waals surface area contributed by atoms with Gasteiger partial charge < -0.3 is 5.73 Å². The third-order valence-electron chi connectivity index (χ3n) is 1.11. The first kappa shape index (κ1) is 8.61. The number of nitrogens with two attached hydrogens (primary N) is 1. The van der Waals surface area contributed by atoms with Crippen molar-refractivity contribution in [2.45, 2.75) is 6.42 Å². The first-order valence-corrected chi connectivity index (χ1v) is 4.52. The smallest absolute Gasteiger partial charge is 0.108 e. The lowest BCUT2D eigenvalue weighted by Gasteiger charge is -1.81. The fraction of sp³-hybridized carbons (Fsp3) is 0.250. The zero-order valence-electron chi connectivity index (χ0n) is 5.93. The average Bonchev–Trinajstić information content (AvgIpc) is 2.37. The molecule has 0 saturated heterocycles. The molecule has 0 aromatic carbocycles. The summed E-state index contributed by atoms with van der Waals surface area (Å²) in [5.74, 6) is 5.87. The molecule has 2 N–H and O–H groups in total. The van der Waals surface area contributed by atoms with Gasteiger partial charge in [0.2, 0.25) is 0 Å². The first-order chi connectivity index (χ1) is 5.34. The molecule has 0 spiro atoms. The maximum Gasteiger partial charge on any atom is 0.108 e. The zero-order chi connectivity index (χ0) is 8.10. The van der Waals surface area contributed by atoms with Gasteiger partial charge in [0.15, 0.2) is 0 Å². The van der Waals surface area contributed by atoms with Crippen LogP contribution in [0.25, 0.3) is 0 Å². The van der Waals surface area contributed by atoms with E-state index in [1.165, 1.54) is 11.3 Å². The van der Waals surface area contributed by atoms with Crippen LogP contribution in [0.3, 0.4) is 0 Å². The summed E-state index contributed by atoms with van der Waals surface area (Å²) in [7, 11) is 0. The van der Waals surface area contributed by atoms with Crippen LogP contribution in [0.1, 0.15) is 12.0 Å². The van der Waals surface area contributed by atoms with Gasteiger partial charge in [-0.05, 0) is 11.4 Å². The molecular weight excluding hydrogens is 178 g/mol. The molecule has 1 nitrogen and oxygen atoms in total. The van der Waals surface area contributed by atoms with Gasteiger partial charge in [0, 0.05) is 13.0 Å². The van der Waals surface area contributed by atoms with Crippen LogP contribution < -0.4 is 5.73 Å². The fourth-order valence-electron chi connectivity index (χ4n) is 0.612. The lowest BCUT2D eigenvalue weighted by atomic mass is 10.3. The summed E-state index contributed by atoms with van der Waals surface area (Å²) < 4.78 is 0.759. The number of thiophene rings is 1. The molecule has 0 fully saturated rings. The normalized spacial score (nSPS) is 8.91. The van der Waals surface area contributed by atoms with Crippen molar-refractivity contribution in [3.63, 3.8) is 0 Å². The minimum Gasteiger partial charge on any atom is -0.330 e. The van der Waals surface area contributed by atoms with Gasteiger partial charge in [-0.25, -0.2) is 0 Å². The summed E-state index contributed by atoms with van der Waals surface area (Å²) in [5, 5.41) is 1.93. The molecule has 1 aromatic rings. The van der Waals surface area contributed by atoms with Crippen molar-refractivity contribution in [1.29, 1.82) is 0 Å². The average molecular weight is 186 g/mol. The third kappa shape index (κ3) is 2.55. The van der Waals surface area contributed by atoms with Crippen molar-refractivity contribution in [1.82, 2.24) is 0 Å². The van der Waals surface area contributed by atoms with Crippen molar-refractivity contribution in [3.05, 3.63) is 21.3 Å². The molecule has 0 unspecified atom stereocenters. The lowest BCUT2D eigenvalue weighted by Crippen LogP contribution is -1.95. The number of rotatable bonds is 1. The highest BCUT2D eigenvalue weighted by molar-refractivity contribution is 7.14. The molecule has 0 aliphatic carbocycles. The van der Waals surface area contributed by atoms with Crippen molar-refractivity contribution >= 4 is 22.9 Å². The lowest BCUT2D eigenvalue weighted by molar-refractivity contribution is 1.03. The first-order valence-electron chi connectivity index (χ1n) is 3.26. The zero-order valence-corrected chi connectivity index (χ0v) is 7.50. The van der Waals surface area contributed by atoms with E-state index in [1.54, 1.807) is 0 Å². The molecular formula is C8H8ClNS. The van der Waals surface area contributed by atoms with Gasteiger partial charge >= 0.3 is 0 Å². The summed E-state index contributed by atoms with van der Waals surface area (Å²) >= 11 is 7.30. The predicted octanol–water partition coefficient (Wildman–Crippen LogP) is 2.10. The predicted molar refractivity (Wildman–Crippen MR) is 49.9 cm³/mol. The van der Waals surface area contributed by atoms with E-state index in [9.17, 15) is 0 Å². The van der Waals surface area contributed by atoms with Gasteiger partial charge in [0.05, 0.1) is 5.56 Å². The van der Waals surface area contributed by atoms with Gasteiger partial charge in [-0.15, -0.1) is 11.3 Å². The second-order valence-corrected chi connectivity index (χ2v) is 3.47. The minimum absolute atomic E-state index is 0.606. The Bertz CT molecular complexity index is 282. The molecule has 1 heterocycles. The summed E-state index contributed by atoms with van der Waals surface area (Å²) in [5.41, 5.74) is 6.18. The van der Waals surface area contributed by atoms with Crippen molar-refractivity contribution < 1.29 is 0 Å². The molecule has 0 aliphatic rings. The second-order valence-electron chi connectivity index (χ2n) is 1.95. The minimum atomic E-state index is 0.606. The van der Waals surface area contributed by atoms with Gasteiger partial charge in [-0.1, -0.05) is 23.4 Å². The molecule has 0 saturated carbocycles. The molecule has 3 heteroatoms. The summed E-state index contributed by atoms with van der Waals surface area (Å²) in [4.78, 5) is 0. The second kappa shape index (κ2) is 4.40. The van der Waals surface area contributed by atoms with Gasteiger partial charge in [-0.2, -0.15) is 0 Å². The van der Waals surface area contributed by atoms with Crippen LogP contribution in [0.4, 0.5) is 0 Å². The van der Waals surface area contributed by atoms with Crippen molar-refractivity contribution in [2.75, 3.05) is 6.54 Å². The molecule has 0 radical (unpaired) electrons. The SMILES string of the molecule is NCCC#Cc1ccsc1Cl. The Morgan fingerprint density at radius 1 is 1.64 bits per heavy atom. The van der Waals surface area contributed by atoms with Crippen LogP contribution in [0.2, 0.25) is 4.34 Å². The van der Waals surface area contributed by atoms with Crippen LogP contribution in [-0.4, -0.2) is 6.54 Å². The fourth-order valence-corrected chi connectivity index (χ4v) is 1.45. The standard InChI is InChI=1S/C8H8ClNS/c9-8-7(4-6-11-8)3-1-2-5-10/h4,6H,2,5,10H2. The van der Waals surface area contributed by atoms with Gasteiger partial charge in [0.1, 0.15) is 4.34 Å². The Hall–Kier alpha value is -0.490. The van der Waals surface area contributed by atoms with E-state index in [0.717, 1.165) is 16.3 Å². The molecule has 1 aromatic heterocycles. The van der Waals surface area contributed by atoms with Crippen LogP contribution >= 0.6 is 22.9 Å². The maximum atomic E-state index is 5.80. The van der Waals surface area contributed by atoms with E-state index in [2.05, 4.69) is 11.8 Å². The summed E-state index contributed by atoms with van der Waals surface area (Å²) in [6.45, 7) is 0.606. The topological polar surface area (TPSA) is 26.0 Å². The monoisotopic (exact) mass is 185 g/mol. The Morgan fingerprint density at radius 3 is 3.00 bits per heavy atom. The molecule has 0 aliphatic heterocycles. The van der Waals surface area contributed by atoms with Crippen LogP contribution in [0, 0.1) is 11.8 Å². The van der Waals surface area contributed by atoms with Crippen molar-refractivity contribution in [2.24, 2.45) is 5.73 Å². The van der Waals surface area contributed by atoms with Gasteiger partial charge in [0.25, 0.3) is 0 Å². The van der Waals surface area contributed by atoms with Gasteiger partial charge in [-0.3, -0.25) is 0 Å². The highest BCUT2D eigenvalue weighted by atomic mass is 35.5. The molecule has 0 bridgehead atoms. The van der Waals surface area contributed by atoms with E-state index in [-0.39, 0.29) is 0 Å². The molecule has 1 rings (SSSR count). The Kier molecular flexibility index (Phi) is 3.44. The Morgan fingerprint density at radius 2 is 2.45 bits per heavy atom. The quantitative estimate of drug-likeness (QED) is 0.667. The maximum absolute atomic E-state index is 5.80. The van der Waals surface area contributed by atoms with E-state index < -0.39 is 0 Å². The largest absolute Gasteiger partial charge is 0.330 e. The number of halogens is 1. The molecule has 11 heavy (non-hydrogen) atoms. The molecule has 58 valence electrons. The summed E-state index contributed by atoms with van der Waals surface area (Å²) in [6.07, 6.45) is 0.728. The third-order valence-corrected chi connectivity index (χ3v) is 2.28. The highest BCUT2D eigenvalue weighted by Gasteiger charge is 1.94. The van der Waals surface area contributed by atoms with Crippen molar-refractivity contribution in [3.8, 4) is 11.8 Å². The Labute approximate surface area is 75.2 Å².